The van der Waals surface area contributed by atoms with Gasteiger partial charge in [-0.15, -0.1) is 0 Å². The fourth-order valence-electron chi connectivity index (χ4n) is 4.92. The van der Waals surface area contributed by atoms with Gasteiger partial charge in [-0.1, -0.05) is 48.5 Å². The van der Waals surface area contributed by atoms with Crippen molar-refractivity contribution in [2.24, 2.45) is 0 Å². The molecular weight excluding hydrogens is 430 g/mol. The molecule has 4 atom stereocenters. The first-order chi connectivity index (χ1) is 15.7. The zero-order valence-electron chi connectivity index (χ0n) is 18.2. The van der Waals surface area contributed by atoms with Crippen LogP contribution < -0.4 is 5.32 Å². The fourth-order valence-corrected chi connectivity index (χ4v) is 4.92. The zero-order chi connectivity index (χ0) is 23.4. The number of carbonyl (C=O) groups excluding carboxylic acids is 1. The number of aliphatic hydroxyl groups is 1. The van der Waals surface area contributed by atoms with Crippen LogP contribution in [0.5, 0.6) is 0 Å². The maximum atomic E-state index is 12.4. The minimum Gasteiger partial charge on any atom is -0.477 e. The number of carbonyl (C=O) groups is 2. The second-order valence-corrected chi connectivity index (χ2v) is 8.87. The van der Waals surface area contributed by atoms with Gasteiger partial charge in [-0.3, -0.25) is 0 Å². The summed E-state index contributed by atoms with van der Waals surface area (Å²) in [6, 6.07) is 16.0. The number of hydrogen-bond donors (Lipinski definition) is 3. The maximum absolute atomic E-state index is 12.4. The van der Waals surface area contributed by atoms with E-state index in [1.54, 1.807) is 0 Å². The first-order valence-electron chi connectivity index (χ1n) is 10.8. The van der Waals surface area contributed by atoms with Gasteiger partial charge in [0.2, 0.25) is 0 Å². The van der Waals surface area contributed by atoms with Crippen LogP contribution in [0.15, 0.2) is 48.5 Å². The molecular formula is C24H25NO8. The number of carboxylic acids is 1. The summed E-state index contributed by atoms with van der Waals surface area (Å²) in [5.41, 5.74) is 4.43. The maximum Gasteiger partial charge on any atom is 0.407 e. The predicted molar refractivity (Wildman–Crippen MR) is 114 cm³/mol. The molecule has 2 aromatic carbocycles. The van der Waals surface area contributed by atoms with E-state index in [1.165, 1.54) is 13.8 Å². The number of aliphatic hydroxyl groups excluding tert-OH is 1. The second kappa shape index (κ2) is 7.81. The van der Waals surface area contributed by atoms with Crippen molar-refractivity contribution in [1.82, 2.24) is 5.32 Å². The van der Waals surface area contributed by atoms with Crippen molar-refractivity contribution >= 4 is 12.1 Å². The molecule has 4 unspecified atom stereocenters. The Balaban J connectivity index is 1.21. The molecule has 174 valence electrons. The van der Waals surface area contributed by atoms with Gasteiger partial charge in [-0.2, -0.15) is 0 Å². The van der Waals surface area contributed by atoms with Gasteiger partial charge in [-0.05, 0) is 36.1 Å². The van der Waals surface area contributed by atoms with Crippen LogP contribution in [0.4, 0.5) is 4.79 Å². The summed E-state index contributed by atoms with van der Waals surface area (Å²) in [6.07, 6.45) is -4.27. The average molecular weight is 455 g/mol. The van der Waals surface area contributed by atoms with Gasteiger partial charge in [-0.25, -0.2) is 9.59 Å². The standard InChI is InChI=1S/C24H25NO8/c1-23(2)32-20-19(26)18(31-24(20,33-23)21(27)28)11-25-22(29)30-12-17-15-9-5-3-7-13(15)14-8-4-6-10-16(14)17/h3-10,17-20,26H,11-12H2,1-2H3,(H,25,29)(H,27,28). The molecule has 2 heterocycles. The molecule has 0 radical (unpaired) electrons. The van der Waals surface area contributed by atoms with Gasteiger partial charge in [0.1, 0.15) is 18.8 Å². The molecule has 9 nitrogen and oxygen atoms in total. The number of carboxylic acid groups (broad SMARTS) is 1. The summed E-state index contributed by atoms with van der Waals surface area (Å²) in [4.78, 5) is 24.2. The van der Waals surface area contributed by atoms with Gasteiger partial charge >= 0.3 is 17.8 Å². The van der Waals surface area contributed by atoms with Crippen molar-refractivity contribution < 1.29 is 38.7 Å². The van der Waals surface area contributed by atoms with E-state index in [0.717, 1.165) is 22.3 Å². The molecule has 3 aliphatic rings. The quantitative estimate of drug-likeness (QED) is 0.627. The fraction of sp³-hybridized carbons (Fsp3) is 0.417. The first-order valence-corrected chi connectivity index (χ1v) is 10.8. The highest BCUT2D eigenvalue weighted by molar-refractivity contribution is 5.79. The third kappa shape index (κ3) is 3.57. The topological polar surface area (TPSA) is 124 Å². The molecule has 0 aromatic heterocycles. The minimum atomic E-state index is -2.13. The summed E-state index contributed by atoms with van der Waals surface area (Å²) in [5, 5.41) is 22.7. The smallest absolute Gasteiger partial charge is 0.407 e. The molecule has 33 heavy (non-hydrogen) atoms. The van der Waals surface area contributed by atoms with Gasteiger partial charge in [0.05, 0.1) is 0 Å². The SMILES string of the molecule is CC1(C)OC2C(O)C(CNC(=O)OCC3c4ccccc4-c4ccccc43)OC2(C(=O)O)O1. The number of amides is 1. The summed E-state index contributed by atoms with van der Waals surface area (Å²) < 4.78 is 22.0. The Kier molecular flexibility index (Phi) is 5.17. The number of benzene rings is 2. The van der Waals surface area contributed by atoms with Crippen molar-refractivity contribution in [3.05, 3.63) is 59.7 Å². The Hall–Kier alpha value is -2.98. The van der Waals surface area contributed by atoms with E-state index in [9.17, 15) is 19.8 Å². The van der Waals surface area contributed by atoms with Crippen LogP contribution in [0.1, 0.15) is 30.9 Å². The molecule has 2 saturated heterocycles. The monoisotopic (exact) mass is 455 g/mol. The van der Waals surface area contributed by atoms with Crippen molar-refractivity contribution in [3.63, 3.8) is 0 Å². The normalized spacial score (nSPS) is 29.2. The van der Waals surface area contributed by atoms with Crippen molar-refractivity contribution in [1.29, 1.82) is 0 Å². The Morgan fingerprint density at radius 3 is 2.21 bits per heavy atom. The summed E-state index contributed by atoms with van der Waals surface area (Å²) in [5.74, 6) is -4.85. The lowest BCUT2D eigenvalue weighted by molar-refractivity contribution is -0.262. The van der Waals surface area contributed by atoms with Crippen LogP contribution in [-0.2, 0) is 23.7 Å². The van der Waals surface area contributed by atoms with E-state index >= 15 is 0 Å². The Bertz CT molecular complexity index is 1060. The Morgan fingerprint density at radius 1 is 1.03 bits per heavy atom. The lowest BCUT2D eigenvalue weighted by Crippen LogP contribution is -2.48. The van der Waals surface area contributed by atoms with Gasteiger partial charge in [0.25, 0.3) is 0 Å². The molecule has 1 aliphatic carbocycles. The number of hydrogen-bond acceptors (Lipinski definition) is 7. The highest BCUT2D eigenvalue weighted by atomic mass is 16.9. The molecule has 0 spiro atoms. The molecule has 1 amide bonds. The van der Waals surface area contributed by atoms with E-state index in [2.05, 4.69) is 5.32 Å². The highest BCUT2D eigenvalue weighted by Crippen LogP contribution is 2.46. The Morgan fingerprint density at radius 2 is 1.64 bits per heavy atom. The largest absolute Gasteiger partial charge is 0.477 e. The molecule has 9 heteroatoms. The van der Waals surface area contributed by atoms with Gasteiger partial charge in [0, 0.05) is 12.5 Å². The summed E-state index contributed by atoms with van der Waals surface area (Å²) in [7, 11) is 0. The number of nitrogens with one attached hydrogen (secondary N) is 1. The third-order valence-electron chi connectivity index (χ3n) is 6.29. The number of fused-ring (bicyclic) bond motifs is 4. The first kappa shape index (κ1) is 21.8. The van der Waals surface area contributed by atoms with Crippen LogP contribution in [0.25, 0.3) is 11.1 Å². The van der Waals surface area contributed by atoms with Crippen molar-refractivity contribution in [2.75, 3.05) is 13.2 Å². The number of alkyl carbamates (subject to hydrolysis) is 1. The zero-order valence-corrected chi connectivity index (χ0v) is 18.2. The van der Waals surface area contributed by atoms with E-state index in [1.807, 2.05) is 48.5 Å². The van der Waals surface area contributed by atoms with Gasteiger partial charge in [0.15, 0.2) is 11.9 Å². The lowest BCUT2D eigenvalue weighted by Gasteiger charge is -2.25. The molecule has 2 aliphatic heterocycles. The highest BCUT2D eigenvalue weighted by Gasteiger charge is 2.69. The van der Waals surface area contributed by atoms with Crippen molar-refractivity contribution in [2.45, 2.75) is 49.7 Å². The van der Waals surface area contributed by atoms with E-state index in [4.69, 9.17) is 18.9 Å². The van der Waals surface area contributed by atoms with Crippen LogP contribution >= 0.6 is 0 Å². The van der Waals surface area contributed by atoms with Crippen LogP contribution in [-0.4, -0.2) is 65.3 Å². The minimum absolute atomic E-state index is 0.0878. The second-order valence-electron chi connectivity index (χ2n) is 8.87. The van der Waals surface area contributed by atoms with E-state index in [0.29, 0.717) is 0 Å². The number of ether oxygens (including phenoxy) is 4. The molecule has 2 fully saturated rings. The molecule has 0 saturated carbocycles. The van der Waals surface area contributed by atoms with Crippen molar-refractivity contribution in [3.8, 4) is 11.1 Å². The number of aliphatic carboxylic acids is 1. The predicted octanol–water partition coefficient (Wildman–Crippen LogP) is 2.22. The molecule has 2 aromatic rings. The van der Waals surface area contributed by atoms with Crippen LogP contribution in [0.3, 0.4) is 0 Å². The molecule has 5 rings (SSSR count). The average Bonchev–Trinajstić information content (AvgIpc) is 3.35. The molecule has 0 bridgehead atoms. The Labute approximate surface area is 190 Å². The number of rotatable bonds is 5. The third-order valence-corrected chi connectivity index (χ3v) is 6.29. The molecule has 3 N–H and O–H groups in total. The van der Waals surface area contributed by atoms with E-state index < -0.39 is 41.9 Å². The summed E-state index contributed by atoms with van der Waals surface area (Å²) in [6.45, 7) is 3.04. The van der Waals surface area contributed by atoms with Gasteiger partial charge < -0.3 is 34.5 Å². The van der Waals surface area contributed by atoms with Crippen LogP contribution in [0.2, 0.25) is 0 Å². The summed E-state index contributed by atoms with van der Waals surface area (Å²) >= 11 is 0. The lowest BCUT2D eigenvalue weighted by atomic mass is 9.98. The van der Waals surface area contributed by atoms with E-state index in [-0.39, 0.29) is 19.1 Å². The van der Waals surface area contributed by atoms with Crippen LogP contribution in [0, 0.1) is 0 Å².